The highest BCUT2D eigenvalue weighted by Crippen LogP contribution is 2.21. The zero-order valence-electron chi connectivity index (χ0n) is 13.1. The van der Waals surface area contributed by atoms with Crippen LogP contribution >= 0.6 is 0 Å². The highest BCUT2D eigenvalue weighted by Gasteiger charge is 2.18. The van der Waals surface area contributed by atoms with Crippen molar-refractivity contribution in [3.63, 3.8) is 0 Å². The van der Waals surface area contributed by atoms with Crippen molar-refractivity contribution >= 4 is 5.91 Å². The number of carbonyl (C=O) groups excluding carboxylic acids is 1. The molecule has 0 spiro atoms. The summed E-state index contributed by atoms with van der Waals surface area (Å²) in [6, 6.07) is 0. The summed E-state index contributed by atoms with van der Waals surface area (Å²) in [7, 11) is 2.00. The van der Waals surface area contributed by atoms with E-state index in [9.17, 15) is 4.79 Å². The summed E-state index contributed by atoms with van der Waals surface area (Å²) in [6.07, 6.45) is 9.75. The molecule has 0 aromatic carbocycles. The molecule has 0 heterocycles. The highest BCUT2D eigenvalue weighted by atomic mass is 16.2. The molecule has 0 unspecified atom stereocenters. The summed E-state index contributed by atoms with van der Waals surface area (Å²) >= 11 is 0. The zero-order valence-corrected chi connectivity index (χ0v) is 13.1. The predicted octanol–water partition coefficient (Wildman–Crippen LogP) is 2.39. The molecule has 4 nitrogen and oxygen atoms in total. The van der Waals surface area contributed by atoms with E-state index < -0.39 is 0 Å². The molecule has 0 aromatic rings. The highest BCUT2D eigenvalue weighted by molar-refractivity contribution is 5.80. The van der Waals surface area contributed by atoms with Gasteiger partial charge in [-0.15, -0.1) is 0 Å². The number of allylic oxidation sites excluding steroid dienone is 2. The van der Waals surface area contributed by atoms with E-state index in [1.54, 1.807) is 0 Å². The zero-order chi connectivity index (χ0) is 14.8. The van der Waals surface area contributed by atoms with Gasteiger partial charge >= 0.3 is 0 Å². The third kappa shape index (κ3) is 6.06. The number of carbonyl (C=O) groups is 1. The molecule has 0 aliphatic heterocycles. The van der Waals surface area contributed by atoms with Crippen LogP contribution in [0, 0.1) is 0 Å². The van der Waals surface area contributed by atoms with Gasteiger partial charge in [-0.1, -0.05) is 6.08 Å². The van der Waals surface area contributed by atoms with Gasteiger partial charge in [0.25, 0.3) is 0 Å². The van der Waals surface area contributed by atoms with Crippen molar-refractivity contribution in [2.75, 3.05) is 33.3 Å². The van der Waals surface area contributed by atoms with Crippen molar-refractivity contribution in [2.24, 2.45) is 0 Å². The first-order chi connectivity index (χ1) is 9.69. The van der Waals surface area contributed by atoms with Gasteiger partial charge in [0, 0.05) is 18.8 Å². The molecule has 20 heavy (non-hydrogen) atoms. The fourth-order valence-electron chi connectivity index (χ4n) is 2.67. The lowest BCUT2D eigenvalue weighted by atomic mass is 10.0. The van der Waals surface area contributed by atoms with Crippen LogP contribution in [0.3, 0.4) is 0 Å². The fourth-order valence-corrected chi connectivity index (χ4v) is 2.67. The van der Waals surface area contributed by atoms with Gasteiger partial charge in [-0.3, -0.25) is 9.69 Å². The summed E-state index contributed by atoms with van der Waals surface area (Å²) in [5.74, 6) is 0.213. The molecular formula is C16H30N2O2. The Bertz CT molecular complexity index is 316. The number of unbranched alkanes of at least 4 members (excludes halogenated alkanes) is 2. The molecule has 1 rings (SSSR count). The molecule has 0 aromatic heterocycles. The largest absolute Gasteiger partial charge is 0.396 e. The van der Waals surface area contributed by atoms with E-state index in [2.05, 4.69) is 17.9 Å². The monoisotopic (exact) mass is 282 g/mol. The second-order valence-electron chi connectivity index (χ2n) is 5.60. The van der Waals surface area contributed by atoms with E-state index in [1.807, 2.05) is 11.9 Å². The Morgan fingerprint density at radius 1 is 1.30 bits per heavy atom. The van der Waals surface area contributed by atoms with Crippen LogP contribution in [0.1, 0.15) is 51.9 Å². The summed E-state index contributed by atoms with van der Waals surface area (Å²) in [5, 5.41) is 8.75. The third-order valence-corrected chi connectivity index (χ3v) is 3.83. The average molecular weight is 282 g/mol. The number of aliphatic hydroxyl groups excluding tert-OH is 1. The second-order valence-corrected chi connectivity index (χ2v) is 5.60. The normalized spacial score (nSPS) is 15.3. The van der Waals surface area contributed by atoms with E-state index in [1.165, 1.54) is 18.5 Å². The fraction of sp³-hybridized carbons (Fsp3) is 0.812. The number of likely N-dealkylation sites (N-methyl/N-ethyl adjacent to an activating group) is 2. The van der Waals surface area contributed by atoms with E-state index in [-0.39, 0.29) is 12.5 Å². The van der Waals surface area contributed by atoms with Crippen molar-refractivity contribution < 1.29 is 9.90 Å². The Morgan fingerprint density at radius 2 is 2.10 bits per heavy atom. The van der Waals surface area contributed by atoms with Gasteiger partial charge in [-0.05, 0) is 65.5 Å². The van der Waals surface area contributed by atoms with Crippen molar-refractivity contribution in [3.05, 3.63) is 11.8 Å². The van der Waals surface area contributed by atoms with Gasteiger partial charge in [0.15, 0.2) is 0 Å². The number of rotatable bonds is 9. The van der Waals surface area contributed by atoms with Crippen molar-refractivity contribution in [2.45, 2.75) is 51.9 Å². The Morgan fingerprint density at radius 3 is 2.70 bits per heavy atom. The average Bonchev–Trinajstić information content (AvgIpc) is 2.45. The van der Waals surface area contributed by atoms with Crippen LogP contribution in [0.15, 0.2) is 11.8 Å². The number of hydrogen-bond donors (Lipinski definition) is 1. The summed E-state index contributed by atoms with van der Waals surface area (Å²) in [4.78, 5) is 16.4. The van der Waals surface area contributed by atoms with E-state index >= 15 is 0 Å². The number of hydrogen-bond acceptors (Lipinski definition) is 3. The Kier molecular flexibility index (Phi) is 8.54. The van der Waals surface area contributed by atoms with Crippen molar-refractivity contribution in [1.29, 1.82) is 0 Å². The molecule has 0 saturated carbocycles. The lowest BCUT2D eigenvalue weighted by Crippen LogP contribution is -2.39. The maximum Gasteiger partial charge on any atom is 0.240 e. The molecule has 116 valence electrons. The topological polar surface area (TPSA) is 43.8 Å². The van der Waals surface area contributed by atoms with Crippen molar-refractivity contribution in [3.8, 4) is 0 Å². The molecule has 0 saturated heterocycles. The Hall–Kier alpha value is -0.870. The third-order valence-electron chi connectivity index (χ3n) is 3.83. The van der Waals surface area contributed by atoms with Gasteiger partial charge in [0.05, 0.1) is 6.54 Å². The van der Waals surface area contributed by atoms with Gasteiger partial charge in [0.2, 0.25) is 5.91 Å². The van der Waals surface area contributed by atoms with Gasteiger partial charge < -0.3 is 10.0 Å². The smallest absolute Gasteiger partial charge is 0.240 e. The summed E-state index contributed by atoms with van der Waals surface area (Å²) < 4.78 is 0. The second kappa shape index (κ2) is 9.94. The number of aliphatic hydroxyl groups is 1. The van der Waals surface area contributed by atoms with E-state index in [4.69, 9.17) is 5.11 Å². The SMILES string of the molecule is CCN(C(=O)CN(C)CCCCCO)C1=CCCCC1. The van der Waals surface area contributed by atoms with Crippen LogP contribution in [0.25, 0.3) is 0 Å². The lowest BCUT2D eigenvalue weighted by Gasteiger charge is -2.28. The number of amides is 1. The molecule has 1 aliphatic rings. The predicted molar refractivity (Wildman–Crippen MR) is 82.4 cm³/mol. The quantitative estimate of drug-likeness (QED) is 0.660. The molecular weight excluding hydrogens is 252 g/mol. The molecule has 0 atom stereocenters. The molecule has 1 aliphatic carbocycles. The molecule has 1 amide bonds. The standard InChI is InChI=1S/C16H30N2O2/c1-3-18(15-10-6-4-7-11-15)16(20)14-17(2)12-8-5-9-13-19/h10,19H,3-9,11-14H2,1-2H3. The minimum Gasteiger partial charge on any atom is -0.396 e. The van der Waals surface area contributed by atoms with E-state index in [0.717, 1.165) is 45.2 Å². The first-order valence-corrected chi connectivity index (χ1v) is 7.97. The van der Waals surface area contributed by atoms with Crippen LogP contribution in [-0.2, 0) is 4.79 Å². The molecule has 1 N–H and O–H groups in total. The lowest BCUT2D eigenvalue weighted by molar-refractivity contribution is -0.130. The van der Waals surface area contributed by atoms with Crippen LogP contribution in [0.4, 0.5) is 0 Å². The van der Waals surface area contributed by atoms with Crippen LogP contribution in [0.2, 0.25) is 0 Å². The van der Waals surface area contributed by atoms with Crippen LogP contribution in [-0.4, -0.2) is 54.1 Å². The first kappa shape index (κ1) is 17.2. The minimum atomic E-state index is 0.213. The van der Waals surface area contributed by atoms with Gasteiger partial charge in [-0.2, -0.15) is 0 Å². The maximum absolute atomic E-state index is 12.4. The molecule has 0 bridgehead atoms. The Labute approximate surface area is 123 Å². The first-order valence-electron chi connectivity index (χ1n) is 7.97. The van der Waals surface area contributed by atoms with Gasteiger partial charge in [0.1, 0.15) is 0 Å². The van der Waals surface area contributed by atoms with Crippen molar-refractivity contribution in [1.82, 2.24) is 9.80 Å². The minimum absolute atomic E-state index is 0.213. The summed E-state index contributed by atoms with van der Waals surface area (Å²) in [6.45, 7) is 4.49. The molecule has 4 heteroatoms. The Balaban J connectivity index is 2.36. The molecule has 0 radical (unpaired) electrons. The van der Waals surface area contributed by atoms with Gasteiger partial charge in [-0.25, -0.2) is 0 Å². The molecule has 0 fully saturated rings. The van der Waals surface area contributed by atoms with Crippen LogP contribution in [0.5, 0.6) is 0 Å². The summed E-state index contributed by atoms with van der Waals surface area (Å²) in [5.41, 5.74) is 1.22. The van der Waals surface area contributed by atoms with Crippen LogP contribution < -0.4 is 0 Å². The number of nitrogens with zero attached hydrogens (tertiary/aromatic N) is 2. The maximum atomic E-state index is 12.4. The van der Waals surface area contributed by atoms with E-state index in [0.29, 0.717) is 6.54 Å².